The number of rotatable bonds is 17. The summed E-state index contributed by atoms with van der Waals surface area (Å²) in [5.74, 6) is 0. The van der Waals surface area contributed by atoms with Crippen LogP contribution in [-0.4, -0.2) is 28.6 Å². The summed E-state index contributed by atoms with van der Waals surface area (Å²) in [6.07, 6.45) is 19.7. The van der Waals surface area contributed by atoms with Gasteiger partial charge in [0.05, 0.1) is 0 Å². The zero-order chi connectivity index (χ0) is 27.7. The zero-order valence-corrected chi connectivity index (χ0v) is 32.1. The van der Waals surface area contributed by atoms with Gasteiger partial charge in [-0.25, -0.2) is 0 Å². The Balaban J connectivity index is 0.000000371. The summed E-state index contributed by atoms with van der Waals surface area (Å²) in [6.45, 7) is 9.67. The van der Waals surface area contributed by atoms with Crippen LogP contribution in [0.2, 0.25) is 16.6 Å². The van der Waals surface area contributed by atoms with Gasteiger partial charge in [0.2, 0.25) is 0 Å². The molecular formula is C33H58AsI2P. The molecule has 0 N–H and O–H groups in total. The SMILES string of the molecule is CCCCCCCCP(C)(C)(I)Cc1ccccc1.CCCCCCCC[As](C)(C)(I)c1ccccc1. The van der Waals surface area contributed by atoms with Gasteiger partial charge < -0.3 is 0 Å². The summed E-state index contributed by atoms with van der Waals surface area (Å²) in [7, 11) is -2.22. The van der Waals surface area contributed by atoms with Gasteiger partial charge in [-0.05, 0) is 0 Å². The molecule has 0 aliphatic rings. The molecule has 214 valence electrons. The van der Waals surface area contributed by atoms with Crippen LogP contribution in [0.15, 0.2) is 60.7 Å². The molecule has 0 unspecified atom stereocenters. The van der Waals surface area contributed by atoms with Gasteiger partial charge in [-0.1, -0.05) is 0 Å². The number of benzene rings is 2. The van der Waals surface area contributed by atoms with E-state index in [0.717, 1.165) is 0 Å². The molecular weight excluding hydrogens is 756 g/mol. The Morgan fingerprint density at radius 1 is 0.622 bits per heavy atom. The van der Waals surface area contributed by atoms with E-state index in [1.165, 1.54) is 100 Å². The van der Waals surface area contributed by atoms with E-state index in [4.69, 9.17) is 0 Å². The maximum atomic E-state index is 2.82. The first-order valence-electron chi connectivity index (χ1n) is 14.9. The Bertz CT molecular complexity index is 835. The summed E-state index contributed by atoms with van der Waals surface area (Å²) >= 11 is 5.64. The molecule has 0 heterocycles. The van der Waals surface area contributed by atoms with Crippen LogP contribution in [0.3, 0.4) is 0 Å². The van der Waals surface area contributed by atoms with Crippen LogP contribution in [0.4, 0.5) is 0 Å². The van der Waals surface area contributed by atoms with Crippen LogP contribution in [0.25, 0.3) is 0 Å². The van der Waals surface area contributed by atoms with Crippen LogP contribution in [-0.2, 0) is 6.16 Å². The van der Waals surface area contributed by atoms with Crippen LogP contribution in [0.5, 0.6) is 0 Å². The Morgan fingerprint density at radius 2 is 1.05 bits per heavy atom. The molecule has 0 aliphatic carbocycles. The molecule has 0 nitrogen and oxygen atoms in total. The van der Waals surface area contributed by atoms with Crippen LogP contribution >= 0.6 is 46.4 Å². The normalized spacial score (nSPS) is 14.1. The fourth-order valence-corrected chi connectivity index (χ4v) is 18.5. The summed E-state index contributed by atoms with van der Waals surface area (Å²) in [6, 6.07) is 22.2. The Labute approximate surface area is 256 Å². The van der Waals surface area contributed by atoms with Crippen molar-refractivity contribution in [3.8, 4) is 0 Å². The second-order valence-electron chi connectivity index (χ2n) is 12.7. The van der Waals surface area contributed by atoms with Crippen LogP contribution in [0.1, 0.15) is 96.5 Å². The van der Waals surface area contributed by atoms with Crippen molar-refractivity contribution >= 4 is 59.9 Å². The van der Waals surface area contributed by atoms with Crippen LogP contribution < -0.4 is 4.35 Å². The van der Waals surface area contributed by atoms with Gasteiger partial charge in [-0.3, -0.25) is 0 Å². The van der Waals surface area contributed by atoms with Crippen molar-refractivity contribution in [3.63, 3.8) is 0 Å². The topological polar surface area (TPSA) is 0 Å². The van der Waals surface area contributed by atoms with E-state index < -0.39 is 13.3 Å². The van der Waals surface area contributed by atoms with Gasteiger partial charge in [0.1, 0.15) is 0 Å². The number of halogens is 2. The molecule has 0 aromatic heterocycles. The summed E-state index contributed by atoms with van der Waals surface area (Å²) < 4.78 is 0.117. The molecule has 0 spiro atoms. The molecule has 0 bridgehead atoms. The van der Waals surface area contributed by atoms with E-state index in [9.17, 15) is 0 Å². The van der Waals surface area contributed by atoms with E-state index in [1.54, 1.807) is 4.35 Å². The Kier molecular flexibility index (Phi) is 17.1. The molecule has 0 saturated heterocycles. The predicted molar refractivity (Wildman–Crippen MR) is 197 cm³/mol. The second-order valence-corrected chi connectivity index (χ2v) is 55.8. The number of hydrogen-bond acceptors (Lipinski definition) is 0. The summed E-state index contributed by atoms with van der Waals surface area (Å²) in [4.78, 5) is 0. The Hall–Kier alpha value is 0.888. The number of unbranched alkanes of at least 4 members (excludes halogenated alkanes) is 10. The van der Waals surface area contributed by atoms with Gasteiger partial charge in [0.15, 0.2) is 0 Å². The van der Waals surface area contributed by atoms with Crippen molar-refractivity contribution in [2.75, 3.05) is 19.5 Å². The first-order chi connectivity index (χ1) is 17.3. The minimum atomic E-state index is -2.22. The molecule has 4 heteroatoms. The standard InChI is InChI=1S/C17H30IP.C16H28AsI/c1-4-5-6-7-8-12-15-19(2,3,18)16-17-13-10-9-11-14-17;1-4-5-6-7-8-12-15-17(2,3,18)16-13-10-9-11-14-16/h9-11,13-14H,4-8,12,15-16H2,1-3H3;9-11,13-14H,4-8,12,15H2,1-3H3. The van der Waals surface area contributed by atoms with Crippen molar-refractivity contribution < 1.29 is 0 Å². The van der Waals surface area contributed by atoms with E-state index in [0.29, 0.717) is 0 Å². The van der Waals surface area contributed by atoms with Gasteiger partial charge in [-0.15, -0.1) is 0 Å². The van der Waals surface area contributed by atoms with E-state index in [1.807, 2.05) is 0 Å². The Morgan fingerprint density at radius 3 is 1.57 bits per heavy atom. The third-order valence-electron chi connectivity index (χ3n) is 7.42. The molecule has 2 rings (SSSR count). The van der Waals surface area contributed by atoms with E-state index in [-0.39, 0.29) is 0 Å². The average Bonchev–Trinajstić information content (AvgIpc) is 2.84. The molecule has 0 radical (unpaired) electrons. The molecule has 0 fully saturated rings. The first-order valence-corrected chi connectivity index (χ1v) is 32.9. The van der Waals surface area contributed by atoms with Crippen molar-refractivity contribution in [1.29, 1.82) is 0 Å². The van der Waals surface area contributed by atoms with Crippen molar-refractivity contribution in [1.82, 2.24) is 0 Å². The van der Waals surface area contributed by atoms with Gasteiger partial charge in [0, 0.05) is 0 Å². The summed E-state index contributed by atoms with van der Waals surface area (Å²) in [5, 5.41) is 1.44. The fourth-order valence-electron chi connectivity index (χ4n) is 4.97. The van der Waals surface area contributed by atoms with E-state index in [2.05, 4.69) is 141 Å². The van der Waals surface area contributed by atoms with Gasteiger partial charge in [-0.2, -0.15) is 0 Å². The van der Waals surface area contributed by atoms with Gasteiger partial charge >= 0.3 is 259 Å². The van der Waals surface area contributed by atoms with Crippen molar-refractivity contribution in [2.45, 2.75) is 114 Å². The molecule has 0 atom stereocenters. The predicted octanol–water partition coefficient (Wildman–Crippen LogP) is 12.6. The van der Waals surface area contributed by atoms with Crippen molar-refractivity contribution in [3.05, 3.63) is 66.2 Å². The maximum absolute atomic E-state index is 2.82. The third kappa shape index (κ3) is 17.3. The molecule has 0 amide bonds. The molecule has 2 aromatic carbocycles. The summed E-state index contributed by atoms with van der Waals surface area (Å²) in [5.41, 5.74) is 6.63. The monoisotopic (exact) mass is 814 g/mol. The van der Waals surface area contributed by atoms with Gasteiger partial charge in [0.25, 0.3) is 0 Å². The van der Waals surface area contributed by atoms with Crippen LogP contribution in [0, 0.1) is 0 Å². The van der Waals surface area contributed by atoms with Crippen molar-refractivity contribution in [2.24, 2.45) is 0 Å². The molecule has 37 heavy (non-hydrogen) atoms. The quantitative estimate of drug-likeness (QED) is 0.0646. The molecule has 0 aliphatic heterocycles. The molecule has 0 saturated carbocycles. The third-order valence-corrected chi connectivity index (χ3v) is 25.7. The first kappa shape index (κ1) is 35.9. The van der Waals surface area contributed by atoms with E-state index >= 15 is 0 Å². The second kappa shape index (κ2) is 17.6. The minimum absolute atomic E-state index is 1.29. The molecule has 2 aromatic rings. The number of hydrogen-bond donors (Lipinski definition) is 0. The zero-order valence-electron chi connectivity index (χ0n) is 25.0. The fraction of sp³-hybridized carbons (Fsp3) is 0.636. The average molecular weight is 815 g/mol.